The zero-order valence-corrected chi connectivity index (χ0v) is 15.9. The van der Waals surface area contributed by atoms with Crippen LogP contribution in [0.5, 0.6) is 0 Å². The highest BCUT2D eigenvalue weighted by molar-refractivity contribution is 14.0. The Balaban J connectivity index is 0.00000361. The second kappa shape index (κ2) is 11.6. The van der Waals surface area contributed by atoms with Crippen LogP contribution < -0.4 is 10.6 Å². The van der Waals surface area contributed by atoms with Gasteiger partial charge in [-0.2, -0.15) is 0 Å². The van der Waals surface area contributed by atoms with Crippen molar-refractivity contribution in [1.82, 2.24) is 15.5 Å². The SMILES string of the molecule is CN=C(NCCCN1CCC(C)CC1)NCC(C)C.I. The number of piperidine rings is 1. The van der Waals surface area contributed by atoms with Crippen LogP contribution in [0.15, 0.2) is 4.99 Å². The highest BCUT2D eigenvalue weighted by atomic mass is 127. The maximum atomic E-state index is 4.24. The summed E-state index contributed by atoms with van der Waals surface area (Å²) in [5.74, 6) is 2.50. The zero-order chi connectivity index (χ0) is 14.1. The fraction of sp³-hybridized carbons (Fsp3) is 0.933. The number of hydrogen-bond acceptors (Lipinski definition) is 2. The fourth-order valence-corrected chi connectivity index (χ4v) is 2.32. The Morgan fingerprint density at radius 2 is 1.90 bits per heavy atom. The quantitative estimate of drug-likeness (QED) is 0.314. The Labute approximate surface area is 142 Å². The van der Waals surface area contributed by atoms with Gasteiger partial charge in [-0.05, 0) is 50.7 Å². The number of nitrogens with zero attached hydrogens (tertiary/aromatic N) is 2. The van der Waals surface area contributed by atoms with Gasteiger partial charge in [0.25, 0.3) is 0 Å². The molecule has 1 aliphatic heterocycles. The van der Waals surface area contributed by atoms with E-state index in [1.54, 1.807) is 0 Å². The normalized spacial score (nSPS) is 17.9. The molecule has 5 heteroatoms. The average molecular weight is 396 g/mol. The van der Waals surface area contributed by atoms with E-state index in [1.165, 1.54) is 38.9 Å². The molecule has 0 radical (unpaired) electrons. The van der Waals surface area contributed by atoms with Gasteiger partial charge in [-0.3, -0.25) is 4.99 Å². The van der Waals surface area contributed by atoms with Crippen LogP contribution in [0, 0.1) is 11.8 Å². The highest BCUT2D eigenvalue weighted by Gasteiger charge is 2.14. The van der Waals surface area contributed by atoms with E-state index >= 15 is 0 Å². The highest BCUT2D eigenvalue weighted by Crippen LogP contribution is 2.15. The van der Waals surface area contributed by atoms with E-state index in [4.69, 9.17) is 0 Å². The van der Waals surface area contributed by atoms with Gasteiger partial charge in [-0.25, -0.2) is 0 Å². The average Bonchev–Trinajstić information content (AvgIpc) is 2.40. The molecule has 0 aromatic rings. The molecular formula is C15H33IN4. The summed E-state index contributed by atoms with van der Waals surface area (Å²) < 4.78 is 0. The minimum Gasteiger partial charge on any atom is -0.356 e. The molecule has 0 aromatic heterocycles. The molecule has 0 bridgehead atoms. The van der Waals surface area contributed by atoms with Crippen molar-refractivity contribution >= 4 is 29.9 Å². The summed E-state index contributed by atoms with van der Waals surface area (Å²) in [6.45, 7) is 12.5. The van der Waals surface area contributed by atoms with Gasteiger partial charge in [0, 0.05) is 20.1 Å². The lowest BCUT2D eigenvalue weighted by molar-refractivity contribution is 0.191. The molecule has 0 spiro atoms. The van der Waals surface area contributed by atoms with Crippen molar-refractivity contribution in [2.24, 2.45) is 16.8 Å². The third-order valence-electron chi connectivity index (χ3n) is 3.72. The Kier molecular flexibility index (Phi) is 11.6. The van der Waals surface area contributed by atoms with Gasteiger partial charge in [0.05, 0.1) is 0 Å². The summed E-state index contributed by atoms with van der Waals surface area (Å²) in [6, 6.07) is 0. The van der Waals surface area contributed by atoms with E-state index in [-0.39, 0.29) is 24.0 Å². The maximum absolute atomic E-state index is 4.24. The molecule has 0 amide bonds. The first-order chi connectivity index (χ1) is 9.11. The predicted molar refractivity (Wildman–Crippen MR) is 99.1 cm³/mol. The molecule has 0 aromatic carbocycles. The van der Waals surface area contributed by atoms with Gasteiger partial charge in [0.2, 0.25) is 0 Å². The zero-order valence-electron chi connectivity index (χ0n) is 13.6. The minimum atomic E-state index is 0. The van der Waals surface area contributed by atoms with Gasteiger partial charge in [-0.1, -0.05) is 20.8 Å². The van der Waals surface area contributed by atoms with E-state index in [1.807, 2.05) is 7.05 Å². The fourth-order valence-electron chi connectivity index (χ4n) is 2.32. The summed E-state index contributed by atoms with van der Waals surface area (Å²) in [7, 11) is 1.84. The molecule has 0 unspecified atom stereocenters. The van der Waals surface area contributed by atoms with Gasteiger partial charge >= 0.3 is 0 Å². The van der Waals surface area contributed by atoms with Gasteiger partial charge in [0.15, 0.2) is 5.96 Å². The lowest BCUT2D eigenvalue weighted by Gasteiger charge is -2.30. The second-order valence-corrected chi connectivity index (χ2v) is 6.15. The smallest absolute Gasteiger partial charge is 0.190 e. The first-order valence-electron chi connectivity index (χ1n) is 7.78. The number of hydrogen-bond donors (Lipinski definition) is 2. The summed E-state index contributed by atoms with van der Waals surface area (Å²) in [6.07, 6.45) is 3.92. The molecule has 1 saturated heterocycles. The van der Waals surface area contributed by atoms with Crippen molar-refractivity contribution in [2.45, 2.75) is 40.0 Å². The van der Waals surface area contributed by atoms with E-state index in [9.17, 15) is 0 Å². The lowest BCUT2D eigenvalue weighted by atomic mass is 9.99. The van der Waals surface area contributed by atoms with Crippen LogP contribution in [0.2, 0.25) is 0 Å². The molecule has 1 heterocycles. The number of halogens is 1. The maximum Gasteiger partial charge on any atom is 0.190 e. The second-order valence-electron chi connectivity index (χ2n) is 6.15. The summed E-state index contributed by atoms with van der Waals surface area (Å²) in [5, 5.41) is 6.72. The van der Waals surface area contributed by atoms with E-state index in [0.717, 1.165) is 25.0 Å². The van der Waals surface area contributed by atoms with Crippen LogP contribution in [-0.2, 0) is 0 Å². The molecule has 1 aliphatic rings. The number of rotatable bonds is 6. The molecule has 0 aliphatic carbocycles. The van der Waals surface area contributed by atoms with Crippen molar-refractivity contribution < 1.29 is 0 Å². The molecule has 1 rings (SSSR count). The Morgan fingerprint density at radius 1 is 1.25 bits per heavy atom. The van der Waals surface area contributed by atoms with Gasteiger partial charge in [-0.15, -0.1) is 24.0 Å². The number of nitrogens with one attached hydrogen (secondary N) is 2. The Morgan fingerprint density at radius 3 is 2.45 bits per heavy atom. The third-order valence-corrected chi connectivity index (χ3v) is 3.72. The first kappa shape index (κ1) is 20.0. The molecule has 0 saturated carbocycles. The lowest BCUT2D eigenvalue weighted by Crippen LogP contribution is -2.40. The van der Waals surface area contributed by atoms with Crippen molar-refractivity contribution in [3.8, 4) is 0 Å². The van der Waals surface area contributed by atoms with Crippen molar-refractivity contribution in [2.75, 3.05) is 39.8 Å². The standard InChI is InChI=1S/C15H32N4.HI/c1-13(2)12-18-15(16-4)17-8-5-9-19-10-6-14(3)7-11-19;/h13-14H,5-12H2,1-4H3,(H2,16,17,18);1H. The molecule has 4 nitrogen and oxygen atoms in total. The van der Waals surface area contributed by atoms with Crippen LogP contribution in [0.3, 0.4) is 0 Å². The largest absolute Gasteiger partial charge is 0.356 e. The molecule has 120 valence electrons. The van der Waals surface area contributed by atoms with Gasteiger partial charge < -0.3 is 15.5 Å². The van der Waals surface area contributed by atoms with E-state index in [0.29, 0.717) is 5.92 Å². The number of guanidine groups is 1. The Bertz CT molecular complexity index is 261. The molecule has 2 N–H and O–H groups in total. The molecular weight excluding hydrogens is 363 g/mol. The topological polar surface area (TPSA) is 39.7 Å². The first-order valence-corrected chi connectivity index (χ1v) is 7.78. The van der Waals surface area contributed by atoms with Crippen molar-refractivity contribution in [1.29, 1.82) is 0 Å². The van der Waals surface area contributed by atoms with E-state index < -0.39 is 0 Å². The van der Waals surface area contributed by atoms with Crippen LogP contribution in [0.1, 0.15) is 40.0 Å². The third kappa shape index (κ3) is 9.00. The molecule has 1 fully saturated rings. The monoisotopic (exact) mass is 396 g/mol. The molecule has 20 heavy (non-hydrogen) atoms. The van der Waals surface area contributed by atoms with E-state index in [2.05, 4.69) is 41.3 Å². The van der Waals surface area contributed by atoms with Crippen LogP contribution in [0.4, 0.5) is 0 Å². The number of likely N-dealkylation sites (tertiary alicyclic amines) is 1. The molecule has 0 atom stereocenters. The predicted octanol–water partition coefficient (Wildman–Crippen LogP) is 2.55. The summed E-state index contributed by atoms with van der Waals surface area (Å²) >= 11 is 0. The minimum absolute atomic E-state index is 0. The summed E-state index contributed by atoms with van der Waals surface area (Å²) in [4.78, 5) is 6.82. The Hall–Kier alpha value is -0.0400. The van der Waals surface area contributed by atoms with Crippen molar-refractivity contribution in [3.05, 3.63) is 0 Å². The van der Waals surface area contributed by atoms with Gasteiger partial charge in [0.1, 0.15) is 0 Å². The van der Waals surface area contributed by atoms with Crippen LogP contribution in [-0.4, -0.2) is 50.6 Å². The van der Waals surface area contributed by atoms with Crippen LogP contribution >= 0.6 is 24.0 Å². The summed E-state index contributed by atoms with van der Waals surface area (Å²) in [5.41, 5.74) is 0. The van der Waals surface area contributed by atoms with Crippen molar-refractivity contribution in [3.63, 3.8) is 0 Å². The number of aliphatic imine (C=N–C) groups is 1. The van der Waals surface area contributed by atoms with Crippen LogP contribution in [0.25, 0.3) is 0 Å².